The molecule has 0 aliphatic rings. The summed E-state index contributed by atoms with van der Waals surface area (Å²) < 4.78 is 0. The highest BCUT2D eigenvalue weighted by Gasteiger charge is 2.08. The van der Waals surface area contributed by atoms with E-state index >= 15 is 0 Å². The number of hydrogen-bond donors (Lipinski definition) is 4. The molecule has 170 valence electrons. The summed E-state index contributed by atoms with van der Waals surface area (Å²) in [6.07, 6.45) is 0. The summed E-state index contributed by atoms with van der Waals surface area (Å²) in [5.74, 6) is 0.903. The van der Waals surface area contributed by atoms with Gasteiger partial charge in [0.15, 0.2) is 0 Å². The van der Waals surface area contributed by atoms with Crippen LogP contribution in [0.5, 0.6) is 0 Å². The van der Waals surface area contributed by atoms with Gasteiger partial charge in [0, 0.05) is 24.0 Å². The van der Waals surface area contributed by atoms with Crippen molar-refractivity contribution in [2.45, 2.75) is 13.8 Å². The quantitative estimate of drug-likeness (QED) is 0.216. The summed E-state index contributed by atoms with van der Waals surface area (Å²) in [6.45, 7) is 3.34. The SMILES string of the molecule is CC(=O)Nc1ccc(C(C)=NNc2nc(Nc3ccccc3)nc(Nc3ccccc3)n2)cc1. The van der Waals surface area contributed by atoms with Gasteiger partial charge >= 0.3 is 0 Å². The van der Waals surface area contributed by atoms with Crippen molar-refractivity contribution in [2.75, 3.05) is 21.4 Å². The second kappa shape index (κ2) is 10.7. The molecule has 0 saturated carbocycles. The normalized spacial score (nSPS) is 10.9. The molecular weight excluding hydrogens is 428 g/mol. The van der Waals surface area contributed by atoms with Crippen LogP contribution in [0, 0.1) is 0 Å². The molecule has 0 spiro atoms. The highest BCUT2D eigenvalue weighted by atomic mass is 16.1. The molecule has 1 aromatic heterocycles. The van der Waals surface area contributed by atoms with Crippen molar-refractivity contribution in [2.24, 2.45) is 5.10 Å². The minimum absolute atomic E-state index is 0.116. The Balaban J connectivity index is 1.56. The second-order valence-corrected chi connectivity index (χ2v) is 7.36. The molecular formula is C25H24N8O. The lowest BCUT2D eigenvalue weighted by atomic mass is 10.1. The lowest BCUT2D eigenvalue weighted by molar-refractivity contribution is -0.114. The van der Waals surface area contributed by atoms with E-state index in [0.717, 1.165) is 28.3 Å². The number of aromatic nitrogens is 3. The van der Waals surface area contributed by atoms with Gasteiger partial charge in [-0.25, -0.2) is 5.43 Å². The zero-order chi connectivity index (χ0) is 23.8. The molecule has 1 heterocycles. The van der Waals surface area contributed by atoms with Crippen molar-refractivity contribution >= 4 is 46.5 Å². The van der Waals surface area contributed by atoms with Crippen molar-refractivity contribution in [3.8, 4) is 0 Å². The molecule has 0 aliphatic carbocycles. The van der Waals surface area contributed by atoms with Crippen LogP contribution in [0.2, 0.25) is 0 Å². The van der Waals surface area contributed by atoms with Gasteiger partial charge in [-0.15, -0.1) is 0 Å². The van der Waals surface area contributed by atoms with Crippen molar-refractivity contribution in [1.29, 1.82) is 0 Å². The molecule has 4 rings (SSSR count). The zero-order valence-electron chi connectivity index (χ0n) is 18.8. The Morgan fingerprint density at radius 3 is 1.65 bits per heavy atom. The van der Waals surface area contributed by atoms with Crippen molar-refractivity contribution in [3.05, 3.63) is 90.5 Å². The standard InChI is InChI=1S/C25H24N8O/c1-17(19-13-15-22(16-14-19)26-18(2)34)32-33-25-30-23(27-20-9-5-3-6-10-20)29-24(31-25)28-21-11-7-4-8-12-21/h3-16H,1-2H3,(H,26,34)(H3,27,28,29,30,31,33). The first kappa shape index (κ1) is 22.4. The molecule has 0 unspecified atom stereocenters. The van der Waals surface area contributed by atoms with E-state index in [1.807, 2.05) is 91.9 Å². The van der Waals surface area contributed by atoms with Gasteiger partial charge in [-0.05, 0) is 48.9 Å². The Hall–Kier alpha value is -4.79. The van der Waals surface area contributed by atoms with Crippen LogP contribution in [0.1, 0.15) is 19.4 Å². The third-order valence-corrected chi connectivity index (χ3v) is 4.64. The van der Waals surface area contributed by atoms with E-state index in [-0.39, 0.29) is 11.9 Å². The first-order chi connectivity index (χ1) is 16.5. The van der Waals surface area contributed by atoms with Crippen molar-refractivity contribution < 1.29 is 4.79 Å². The largest absolute Gasteiger partial charge is 0.326 e. The minimum atomic E-state index is -0.116. The van der Waals surface area contributed by atoms with E-state index in [0.29, 0.717) is 11.9 Å². The number of para-hydroxylation sites is 2. The van der Waals surface area contributed by atoms with Gasteiger partial charge in [0.05, 0.1) is 5.71 Å². The number of nitrogens with zero attached hydrogens (tertiary/aromatic N) is 4. The Kier molecular flexibility index (Phi) is 7.04. The van der Waals surface area contributed by atoms with Gasteiger partial charge in [-0.2, -0.15) is 20.1 Å². The third-order valence-electron chi connectivity index (χ3n) is 4.64. The highest BCUT2D eigenvalue weighted by Crippen LogP contribution is 2.18. The Morgan fingerprint density at radius 2 is 1.15 bits per heavy atom. The topological polar surface area (TPSA) is 116 Å². The molecule has 0 atom stereocenters. The van der Waals surface area contributed by atoms with Crippen LogP contribution < -0.4 is 21.4 Å². The molecule has 0 radical (unpaired) electrons. The van der Waals surface area contributed by atoms with Crippen LogP contribution in [-0.4, -0.2) is 26.6 Å². The van der Waals surface area contributed by atoms with Gasteiger partial charge in [0.25, 0.3) is 0 Å². The van der Waals surface area contributed by atoms with Crippen LogP contribution in [0.4, 0.5) is 34.9 Å². The lowest BCUT2D eigenvalue weighted by Crippen LogP contribution is -2.08. The molecule has 4 aromatic rings. The first-order valence-corrected chi connectivity index (χ1v) is 10.6. The number of nitrogens with one attached hydrogen (secondary N) is 4. The maximum atomic E-state index is 11.2. The summed E-state index contributed by atoms with van der Waals surface area (Å²) >= 11 is 0. The van der Waals surface area contributed by atoms with Gasteiger partial charge < -0.3 is 16.0 Å². The fourth-order valence-electron chi connectivity index (χ4n) is 3.04. The third kappa shape index (κ3) is 6.36. The number of hydrogen-bond acceptors (Lipinski definition) is 8. The maximum Gasteiger partial charge on any atom is 0.250 e. The van der Waals surface area contributed by atoms with Crippen LogP contribution in [0.3, 0.4) is 0 Å². The van der Waals surface area contributed by atoms with Gasteiger partial charge in [-0.3, -0.25) is 4.79 Å². The summed E-state index contributed by atoms with van der Waals surface area (Å²) in [6, 6.07) is 26.7. The van der Waals surface area contributed by atoms with Gasteiger partial charge in [0.1, 0.15) is 0 Å². The smallest absolute Gasteiger partial charge is 0.250 e. The summed E-state index contributed by atoms with van der Waals surface area (Å²) in [7, 11) is 0. The molecule has 34 heavy (non-hydrogen) atoms. The van der Waals surface area contributed by atoms with Crippen molar-refractivity contribution in [1.82, 2.24) is 15.0 Å². The number of carbonyl (C=O) groups is 1. The van der Waals surface area contributed by atoms with Gasteiger partial charge in [-0.1, -0.05) is 48.5 Å². The molecule has 4 N–H and O–H groups in total. The Morgan fingerprint density at radius 1 is 0.647 bits per heavy atom. The predicted octanol–water partition coefficient (Wildman–Crippen LogP) is 5.15. The zero-order valence-corrected chi connectivity index (χ0v) is 18.8. The predicted molar refractivity (Wildman–Crippen MR) is 136 cm³/mol. The van der Waals surface area contributed by atoms with E-state index in [1.54, 1.807) is 0 Å². The van der Waals surface area contributed by atoms with E-state index in [1.165, 1.54) is 6.92 Å². The minimum Gasteiger partial charge on any atom is -0.326 e. The Bertz CT molecular complexity index is 1220. The number of amides is 1. The maximum absolute atomic E-state index is 11.2. The van der Waals surface area contributed by atoms with E-state index in [2.05, 4.69) is 41.4 Å². The lowest BCUT2D eigenvalue weighted by Gasteiger charge is -2.10. The average molecular weight is 453 g/mol. The van der Waals surface area contributed by atoms with E-state index in [4.69, 9.17) is 0 Å². The first-order valence-electron chi connectivity index (χ1n) is 10.6. The highest BCUT2D eigenvalue weighted by molar-refractivity contribution is 5.99. The molecule has 0 fully saturated rings. The van der Waals surface area contributed by atoms with Crippen LogP contribution >= 0.6 is 0 Å². The molecule has 0 aliphatic heterocycles. The number of benzene rings is 3. The summed E-state index contributed by atoms with van der Waals surface area (Å²) in [5, 5.41) is 13.5. The van der Waals surface area contributed by atoms with E-state index < -0.39 is 0 Å². The van der Waals surface area contributed by atoms with Gasteiger partial charge in [0.2, 0.25) is 23.8 Å². The molecule has 9 nitrogen and oxygen atoms in total. The fraction of sp³-hybridized carbons (Fsp3) is 0.0800. The monoisotopic (exact) mass is 452 g/mol. The number of rotatable bonds is 8. The number of carbonyl (C=O) groups excluding carboxylic acids is 1. The summed E-state index contributed by atoms with van der Waals surface area (Å²) in [5.41, 5.74) is 6.96. The number of hydrazone groups is 1. The number of anilines is 6. The fourth-order valence-corrected chi connectivity index (χ4v) is 3.04. The molecule has 9 heteroatoms. The van der Waals surface area contributed by atoms with Crippen molar-refractivity contribution in [3.63, 3.8) is 0 Å². The van der Waals surface area contributed by atoms with E-state index in [9.17, 15) is 4.79 Å². The van der Waals surface area contributed by atoms with Crippen LogP contribution in [-0.2, 0) is 4.79 Å². The molecule has 1 amide bonds. The molecule has 0 saturated heterocycles. The second-order valence-electron chi connectivity index (χ2n) is 7.36. The van der Waals surface area contributed by atoms with Crippen LogP contribution in [0.25, 0.3) is 0 Å². The molecule has 0 bridgehead atoms. The summed E-state index contributed by atoms with van der Waals surface area (Å²) in [4.78, 5) is 24.6. The van der Waals surface area contributed by atoms with Crippen LogP contribution in [0.15, 0.2) is 90.0 Å². The molecule has 3 aromatic carbocycles. The average Bonchev–Trinajstić information content (AvgIpc) is 2.84. The Labute approximate surface area is 197 Å².